The fourth-order valence-electron chi connectivity index (χ4n) is 3.11. The fraction of sp³-hybridized carbons (Fsp3) is 0.600. The van der Waals surface area contributed by atoms with Crippen molar-refractivity contribution in [3.8, 4) is 0 Å². The zero-order chi connectivity index (χ0) is 12.0. The molecule has 0 bridgehead atoms. The summed E-state index contributed by atoms with van der Waals surface area (Å²) in [5, 5.41) is 3.39. The Kier molecular flexibility index (Phi) is 2.53. The van der Waals surface area contributed by atoms with E-state index in [2.05, 4.69) is 38.2 Å². The molecule has 2 aliphatic rings. The molecule has 0 unspecified atom stereocenters. The Morgan fingerprint density at radius 2 is 1.71 bits per heavy atom. The predicted octanol–water partition coefficient (Wildman–Crippen LogP) is 2.10. The number of hydrogen-bond acceptors (Lipinski definition) is 2. The quantitative estimate of drug-likeness (QED) is 0.841. The van der Waals surface area contributed by atoms with E-state index < -0.39 is 0 Å². The van der Waals surface area contributed by atoms with Gasteiger partial charge in [0.2, 0.25) is 0 Å². The first-order valence-electron chi connectivity index (χ1n) is 6.50. The van der Waals surface area contributed by atoms with Gasteiger partial charge in [0.15, 0.2) is 0 Å². The normalized spacial score (nSPS) is 23.0. The van der Waals surface area contributed by atoms with E-state index in [1.165, 1.54) is 22.3 Å². The second-order valence-electron chi connectivity index (χ2n) is 5.76. The van der Waals surface area contributed by atoms with Gasteiger partial charge in [-0.15, -0.1) is 0 Å². The predicted molar refractivity (Wildman–Crippen MR) is 69.5 cm³/mol. The van der Waals surface area contributed by atoms with Gasteiger partial charge in [-0.2, -0.15) is 0 Å². The van der Waals surface area contributed by atoms with Crippen LogP contribution in [0.3, 0.4) is 0 Å². The third-order valence-corrected chi connectivity index (χ3v) is 4.66. The smallest absolute Gasteiger partial charge is 0.0589 e. The third-order valence-electron chi connectivity index (χ3n) is 4.66. The van der Waals surface area contributed by atoms with Crippen LogP contribution in [-0.4, -0.2) is 26.3 Å². The fourth-order valence-corrected chi connectivity index (χ4v) is 3.11. The molecule has 92 valence electrons. The van der Waals surface area contributed by atoms with Crippen molar-refractivity contribution in [2.45, 2.75) is 26.2 Å². The Bertz CT molecular complexity index is 444. The molecule has 0 aromatic heterocycles. The monoisotopic (exact) mass is 231 g/mol. The van der Waals surface area contributed by atoms with Crippen molar-refractivity contribution < 1.29 is 4.74 Å². The van der Waals surface area contributed by atoms with Crippen molar-refractivity contribution in [2.75, 3.05) is 26.3 Å². The average Bonchev–Trinajstić information content (AvgIpc) is 2.15. The summed E-state index contributed by atoms with van der Waals surface area (Å²) in [7, 11) is 0. The van der Waals surface area contributed by atoms with E-state index in [0.29, 0.717) is 5.41 Å². The lowest BCUT2D eigenvalue weighted by Crippen LogP contribution is -2.62. The third kappa shape index (κ3) is 1.54. The highest BCUT2D eigenvalue weighted by Gasteiger charge is 2.49. The van der Waals surface area contributed by atoms with E-state index in [4.69, 9.17) is 4.74 Å². The van der Waals surface area contributed by atoms with Crippen LogP contribution in [0.1, 0.15) is 22.3 Å². The molecule has 17 heavy (non-hydrogen) atoms. The summed E-state index contributed by atoms with van der Waals surface area (Å²) in [6.07, 6.45) is 0. The zero-order valence-electron chi connectivity index (χ0n) is 11.0. The second kappa shape index (κ2) is 3.82. The maximum absolute atomic E-state index is 5.55. The number of rotatable bonds is 2. The van der Waals surface area contributed by atoms with Gasteiger partial charge < -0.3 is 10.1 Å². The van der Waals surface area contributed by atoms with Crippen LogP contribution in [0.25, 0.3) is 0 Å². The molecule has 0 atom stereocenters. The van der Waals surface area contributed by atoms with Crippen LogP contribution < -0.4 is 5.32 Å². The number of ether oxygens (including phenoxy) is 1. The molecule has 0 spiro atoms. The van der Waals surface area contributed by atoms with E-state index in [-0.39, 0.29) is 0 Å². The Balaban J connectivity index is 2.04. The topological polar surface area (TPSA) is 21.3 Å². The molecule has 2 nitrogen and oxygen atoms in total. The van der Waals surface area contributed by atoms with Gasteiger partial charge in [0.1, 0.15) is 0 Å². The summed E-state index contributed by atoms with van der Waals surface area (Å²) in [6, 6.07) is 4.72. The zero-order valence-corrected chi connectivity index (χ0v) is 11.0. The van der Waals surface area contributed by atoms with Crippen LogP contribution in [0.2, 0.25) is 0 Å². The van der Waals surface area contributed by atoms with Crippen LogP contribution in [-0.2, 0) is 10.2 Å². The van der Waals surface area contributed by atoms with E-state index in [1.54, 1.807) is 0 Å². The molecule has 0 aliphatic carbocycles. The molecule has 2 fully saturated rings. The number of hydrogen-bond donors (Lipinski definition) is 1. The molecule has 3 rings (SSSR count). The van der Waals surface area contributed by atoms with Crippen molar-refractivity contribution in [3.05, 3.63) is 34.4 Å². The first kappa shape index (κ1) is 11.2. The molecule has 2 heteroatoms. The summed E-state index contributed by atoms with van der Waals surface area (Å²) in [5.41, 5.74) is 6.06. The molecule has 0 radical (unpaired) electrons. The molecule has 2 saturated heterocycles. The molecular formula is C15H21NO. The van der Waals surface area contributed by atoms with Crippen molar-refractivity contribution in [3.63, 3.8) is 0 Å². The van der Waals surface area contributed by atoms with Crippen molar-refractivity contribution in [1.82, 2.24) is 5.32 Å². The van der Waals surface area contributed by atoms with E-state index in [1.807, 2.05) is 0 Å². The Morgan fingerprint density at radius 1 is 1.06 bits per heavy atom. The Labute approximate surface area is 103 Å². The van der Waals surface area contributed by atoms with Crippen LogP contribution in [0.4, 0.5) is 0 Å². The maximum Gasteiger partial charge on any atom is 0.0589 e. The maximum atomic E-state index is 5.55. The first-order chi connectivity index (χ1) is 8.13. The lowest BCUT2D eigenvalue weighted by atomic mass is 9.65. The molecule has 1 N–H and O–H groups in total. The van der Waals surface area contributed by atoms with Gasteiger partial charge >= 0.3 is 0 Å². The molecule has 2 aliphatic heterocycles. The highest BCUT2D eigenvalue weighted by molar-refractivity contribution is 5.43. The highest BCUT2D eigenvalue weighted by Crippen LogP contribution is 2.43. The molecule has 0 amide bonds. The Morgan fingerprint density at radius 3 is 2.18 bits per heavy atom. The molecule has 1 aromatic rings. The largest absolute Gasteiger partial charge is 0.379 e. The van der Waals surface area contributed by atoms with Gasteiger partial charge in [0.05, 0.1) is 13.2 Å². The van der Waals surface area contributed by atoms with E-state index >= 15 is 0 Å². The lowest BCUT2D eigenvalue weighted by Gasteiger charge is -2.52. The van der Waals surface area contributed by atoms with Crippen molar-refractivity contribution >= 4 is 0 Å². The number of nitrogens with one attached hydrogen (secondary N) is 1. The van der Waals surface area contributed by atoms with E-state index in [9.17, 15) is 0 Å². The summed E-state index contributed by atoms with van der Waals surface area (Å²) in [6.45, 7) is 10.8. The van der Waals surface area contributed by atoms with Crippen LogP contribution >= 0.6 is 0 Å². The van der Waals surface area contributed by atoms with Crippen LogP contribution in [0, 0.1) is 26.7 Å². The lowest BCUT2D eigenvalue weighted by molar-refractivity contribution is -0.101. The minimum absolute atomic E-state index is 0.299. The van der Waals surface area contributed by atoms with Gasteiger partial charge in [-0.1, -0.05) is 12.1 Å². The summed E-state index contributed by atoms with van der Waals surface area (Å²) >= 11 is 0. The minimum Gasteiger partial charge on any atom is -0.379 e. The summed E-state index contributed by atoms with van der Waals surface area (Å²) in [4.78, 5) is 0. The molecular weight excluding hydrogens is 210 g/mol. The van der Waals surface area contributed by atoms with E-state index in [0.717, 1.165) is 32.2 Å². The van der Waals surface area contributed by atoms with Gasteiger partial charge in [-0.05, 0) is 48.9 Å². The van der Waals surface area contributed by atoms with Crippen LogP contribution in [0.5, 0.6) is 0 Å². The minimum atomic E-state index is 0.299. The van der Waals surface area contributed by atoms with Crippen LogP contribution in [0.15, 0.2) is 12.1 Å². The molecule has 2 heterocycles. The van der Waals surface area contributed by atoms with Gasteiger partial charge in [0.25, 0.3) is 0 Å². The first-order valence-corrected chi connectivity index (χ1v) is 6.50. The van der Waals surface area contributed by atoms with Crippen molar-refractivity contribution in [1.29, 1.82) is 0 Å². The standard InChI is InChI=1S/C15H21NO/c1-10-4-12(3)14(5-11(10)2)15(8-17-9-15)13-6-16-7-13/h4-5,13,16H,6-9H2,1-3H3. The second-order valence-corrected chi connectivity index (χ2v) is 5.76. The Hall–Kier alpha value is -0.860. The molecule has 1 aromatic carbocycles. The summed E-state index contributed by atoms with van der Waals surface area (Å²) < 4.78 is 5.55. The molecule has 0 saturated carbocycles. The average molecular weight is 231 g/mol. The SMILES string of the molecule is Cc1cc(C)c(C2(C3CNC3)COC2)cc1C. The highest BCUT2D eigenvalue weighted by atomic mass is 16.5. The van der Waals surface area contributed by atoms with Gasteiger partial charge in [0, 0.05) is 18.5 Å². The number of aryl methyl sites for hydroxylation is 3. The number of benzene rings is 1. The summed E-state index contributed by atoms with van der Waals surface area (Å²) in [5.74, 6) is 0.761. The van der Waals surface area contributed by atoms with Gasteiger partial charge in [-0.3, -0.25) is 0 Å². The van der Waals surface area contributed by atoms with Crippen molar-refractivity contribution in [2.24, 2.45) is 5.92 Å². The van der Waals surface area contributed by atoms with Gasteiger partial charge in [-0.25, -0.2) is 0 Å².